The number of nitrogens with zero attached hydrogens (tertiary/aromatic N) is 3. The molecule has 12 heteroatoms. The van der Waals surface area contributed by atoms with Gasteiger partial charge in [0.15, 0.2) is 0 Å². The molecular weight excluding hydrogens is 572 g/mol. The number of ether oxygens (including phenoxy) is 1. The summed E-state index contributed by atoms with van der Waals surface area (Å²) in [6.07, 6.45) is 1.48. The number of nitro groups is 1. The summed E-state index contributed by atoms with van der Waals surface area (Å²) in [5.41, 5.74) is 1.05. The predicted molar refractivity (Wildman–Crippen MR) is 165 cm³/mol. The second-order valence-corrected chi connectivity index (χ2v) is 11.8. The van der Waals surface area contributed by atoms with Gasteiger partial charge in [-0.25, -0.2) is 8.42 Å². The van der Waals surface area contributed by atoms with E-state index in [-0.39, 0.29) is 28.7 Å². The van der Waals surface area contributed by atoms with Gasteiger partial charge in [-0.2, -0.15) is 0 Å². The van der Waals surface area contributed by atoms with Crippen molar-refractivity contribution in [1.29, 1.82) is 0 Å². The number of carbonyl (C=O) groups is 2. The summed E-state index contributed by atoms with van der Waals surface area (Å²) in [6.45, 7) is 5.21. The zero-order chi connectivity index (χ0) is 31.6. The predicted octanol–water partition coefficient (Wildman–Crippen LogP) is 4.48. The molecule has 0 saturated carbocycles. The normalized spacial score (nSPS) is 11.8. The van der Waals surface area contributed by atoms with Crippen LogP contribution in [-0.2, 0) is 26.0 Å². The number of rotatable bonds is 15. The van der Waals surface area contributed by atoms with Crippen LogP contribution in [0.4, 0.5) is 11.4 Å². The standard InChI is InChI=1S/C31H38N4O7S/c1-5-19-32-31(37)28(6-2)33(20-18-24-10-8-7-9-11-24)30(36)22-34(25-13-15-26(42-4)16-14-25)43(40,41)27-17-12-23(3)29(21-27)35(38)39/h7-17,21,28H,5-6,18-20,22H2,1-4H3,(H,32,37). The van der Waals surface area contributed by atoms with Gasteiger partial charge >= 0.3 is 0 Å². The molecule has 0 radical (unpaired) electrons. The zero-order valence-corrected chi connectivity index (χ0v) is 25.7. The van der Waals surface area contributed by atoms with Crippen LogP contribution in [0.2, 0.25) is 0 Å². The lowest BCUT2D eigenvalue weighted by Gasteiger charge is -2.33. The topological polar surface area (TPSA) is 139 Å². The smallest absolute Gasteiger partial charge is 0.273 e. The van der Waals surface area contributed by atoms with Gasteiger partial charge in [0, 0.05) is 24.7 Å². The van der Waals surface area contributed by atoms with Gasteiger partial charge in [-0.3, -0.25) is 24.0 Å². The molecule has 0 spiro atoms. The number of methoxy groups -OCH3 is 1. The number of benzene rings is 3. The summed E-state index contributed by atoms with van der Waals surface area (Å²) in [5, 5.41) is 14.4. The number of hydrogen-bond donors (Lipinski definition) is 1. The molecule has 0 saturated heterocycles. The van der Waals surface area contributed by atoms with Crippen LogP contribution in [0.3, 0.4) is 0 Å². The van der Waals surface area contributed by atoms with E-state index in [4.69, 9.17) is 4.74 Å². The Balaban J connectivity index is 2.06. The Bertz CT molecular complexity index is 1510. The highest BCUT2D eigenvalue weighted by Gasteiger charge is 2.34. The van der Waals surface area contributed by atoms with E-state index in [2.05, 4.69) is 5.32 Å². The summed E-state index contributed by atoms with van der Waals surface area (Å²) in [4.78, 5) is 39.2. The maximum absolute atomic E-state index is 14.1. The van der Waals surface area contributed by atoms with Gasteiger partial charge in [0.05, 0.1) is 22.6 Å². The van der Waals surface area contributed by atoms with Crippen molar-refractivity contribution in [3.63, 3.8) is 0 Å². The fraction of sp³-hybridized carbons (Fsp3) is 0.355. The fourth-order valence-electron chi connectivity index (χ4n) is 4.61. The third-order valence-electron chi connectivity index (χ3n) is 7.02. The van der Waals surface area contributed by atoms with Gasteiger partial charge in [0.1, 0.15) is 18.3 Å². The highest BCUT2D eigenvalue weighted by molar-refractivity contribution is 7.92. The number of amides is 2. The summed E-state index contributed by atoms with van der Waals surface area (Å²) in [7, 11) is -3.00. The number of anilines is 1. The molecule has 0 aliphatic carbocycles. The number of aryl methyl sites for hydroxylation is 1. The monoisotopic (exact) mass is 610 g/mol. The average molecular weight is 611 g/mol. The first kappa shape index (κ1) is 33.1. The third-order valence-corrected chi connectivity index (χ3v) is 8.79. The minimum Gasteiger partial charge on any atom is -0.497 e. The van der Waals surface area contributed by atoms with E-state index in [0.29, 0.717) is 37.1 Å². The van der Waals surface area contributed by atoms with Gasteiger partial charge in [0.25, 0.3) is 15.7 Å². The van der Waals surface area contributed by atoms with Crippen molar-refractivity contribution in [1.82, 2.24) is 10.2 Å². The van der Waals surface area contributed by atoms with E-state index in [9.17, 15) is 28.1 Å². The molecule has 1 N–H and O–H groups in total. The van der Waals surface area contributed by atoms with Crippen molar-refractivity contribution in [2.75, 3.05) is 31.0 Å². The molecule has 0 aliphatic heterocycles. The van der Waals surface area contributed by atoms with Crippen molar-refractivity contribution in [3.05, 3.63) is 94.0 Å². The zero-order valence-electron chi connectivity index (χ0n) is 24.9. The summed E-state index contributed by atoms with van der Waals surface area (Å²) in [6, 6.07) is 18.4. The van der Waals surface area contributed by atoms with E-state index in [1.54, 1.807) is 19.1 Å². The molecule has 11 nitrogen and oxygen atoms in total. The molecule has 0 aliphatic rings. The first-order valence-corrected chi connectivity index (χ1v) is 15.5. The Morgan fingerprint density at radius 3 is 2.28 bits per heavy atom. The van der Waals surface area contributed by atoms with Crippen LogP contribution in [0.1, 0.15) is 37.8 Å². The maximum Gasteiger partial charge on any atom is 0.273 e. The number of sulfonamides is 1. The SMILES string of the molecule is CCCNC(=O)C(CC)N(CCc1ccccc1)C(=O)CN(c1ccc(OC)cc1)S(=O)(=O)c1ccc(C)c([N+](=O)[O-])c1. The minimum absolute atomic E-state index is 0.156. The Labute approximate surface area is 252 Å². The van der Waals surface area contributed by atoms with Crippen molar-refractivity contribution in [3.8, 4) is 5.75 Å². The second kappa shape index (κ2) is 15.1. The summed E-state index contributed by atoms with van der Waals surface area (Å²) >= 11 is 0. The summed E-state index contributed by atoms with van der Waals surface area (Å²) in [5.74, 6) is -0.435. The largest absolute Gasteiger partial charge is 0.497 e. The molecule has 3 aromatic carbocycles. The number of nitro benzene ring substituents is 1. The molecule has 3 rings (SSSR count). The molecule has 1 atom stereocenters. The highest BCUT2D eigenvalue weighted by atomic mass is 32.2. The van der Waals surface area contributed by atoms with E-state index in [0.717, 1.165) is 15.9 Å². The van der Waals surface area contributed by atoms with E-state index in [1.807, 2.05) is 37.3 Å². The van der Waals surface area contributed by atoms with E-state index >= 15 is 0 Å². The van der Waals surface area contributed by atoms with Crippen molar-refractivity contribution >= 4 is 33.2 Å². The molecular formula is C31H38N4O7S. The van der Waals surface area contributed by atoms with Crippen LogP contribution in [0.5, 0.6) is 5.75 Å². The molecule has 230 valence electrons. The lowest BCUT2D eigenvalue weighted by Crippen LogP contribution is -2.53. The number of hydrogen-bond acceptors (Lipinski definition) is 7. The quantitative estimate of drug-likeness (QED) is 0.198. The Morgan fingerprint density at radius 2 is 1.70 bits per heavy atom. The first-order valence-electron chi connectivity index (χ1n) is 14.1. The lowest BCUT2D eigenvalue weighted by molar-refractivity contribution is -0.385. The second-order valence-electron chi connectivity index (χ2n) is 9.95. The van der Waals surface area contributed by atoms with E-state index in [1.165, 1.54) is 43.2 Å². The van der Waals surface area contributed by atoms with Gasteiger partial charge in [-0.15, -0.1) is 0 Å². The van der Waals surface area contributed by atoms with Crippen LogP contribution in [0, 0.1) is 17.0 Å². The fourth-order valence-corrected chi connectivity index (χ4v) is 6.05. The highest BCUT2D eigenvalue weighted by Crippen LogP contribution is 2.29. The number of carbonyl (C=O) groups excluding carboxylic acids is 2. The molecule has 2 amide bonds. The van der Waals surface area contributed by atoms with Gasteiger partial charge in [0.2, 0.25) is 11.8 Å². The average Bonchev–Trinajstić information content (AvgIpc) is 3.01. The molecule has 3 aromatic rings. The van der Waals surface area contributed by atoms with Crippen molar-refractivity contribution < 1.29 is 27.7 Å². The number of nitrogens with one attached hydrogen (secondary N) is 1. The maximum atomic E-state index is 14.1. The van der Waals surface area contributed by atoms with Gasteiger partial charge in [-0.1, -0.05) is 50.2 Å². The molecule has 0 aromatic heterocycles. The molecule has 0 bridgehead atoms. The van der Waals surface area contributed by atoms with E-state index < -0.39 is 33.4 Å². The molecule has 0 heterocycles. The Morgan fingerprint density at radius 1 is 1.02 bits per heavy atom. The summed E-state index contributed by atoms with van der Waals surface area (Å²) < 4.78 is 34.2. The van der Waals surface area contributed by atoms with Crippen molar-refractivity contribution in [2.24, 2.45) is 0 Å². The van der Waals surface area contributed by atoms with Crippen LogP contribution in [0.15, 0.2) is 77.7 Å². The van der Waals surface area contributed by atoms with Gasteiger partial charge < -0.3 is 15.0 Å². The lowest BCUT2D eigenvalue weighted by atomic mass is 10.1. The minimum atomic E-state index is -4.47. The Kier molecular flexibility index (Phi) is 11.6. The van der Waals surface area contributed by atoms with Crippen LogP contribution in [-0.4, -0.2) is 62.8 Å². The first-order chi connectivity index (χ1) is 20.5. The van der Waals surface area contributed by atoms with Crippen LogP contribution >= 0.6 is 0 Å². The van der Waals surface area contributed by atoms with Crippen molar-refractivity contribution in [2.45, 2.75) is 51.0 Å². The van der Waals surface area contributed by atoms with Crippen LogP contribution < -0.4 is 14.4 Å². The molecule has 43 heavy (non-hydrogen) atoms. The Hall–Kier alpha value is -4.45. The third kappa shape index (κ3) is 8.31. The van der Waals surface area contributed by atoms with Crippen LogP contribution in [0.25, 0.3) is 0 Å². The van der Waals surface area contributed by atoms with Gasteiger partial charge in [-0.05, 0) is 62.1 Å². The molecule has 0 fully saturated rings. The molecule has 1 unspecified atom stereocenters.